The second kappa shape index (κ2) is 8.69. The third-order valence-corrected chi connectivity index (χ3v) is 3.33. The van der Waals surface area contributed by atoms with E-state index < -0.39 is 6.10 Å². The van der Waals surface area contributed by atoms with E-state index in [0.717, 1.165) is 11.3 Å². The third kappa shape index (κ3) is 5.29. The number of rotatable bonds is 9. The van der Waals surface area contributed by atoms with Crippen LogP contribution in [0, 0.1) is 0 Å². The molecular formula is C11H20N4O4S. The molecule has 0 aliphatic heterocycles. The molecule has 1 amide bonds. The Kier molecular flexibility index (Phi) is 7.23. The summed E-state index contributed by atoms with van der Waals surface area (Å²) in [7, 11) is 3.08. The minimum atomic E-state index is -0.752. The van der Waals surface area contributed by atoms with Crippen molar-refractivity contribution in [1.82, 2.24) is 10.3 Å². The fourth-order valence-corrected chi connectivity index (χ4v) is 2.20. The highest BCUT2D eigenvalue weighted by atomic mass is 32.1. The van der Waals surface area contributed by atoms with Crippen LogP contribution in [0.4, 0.5) is 10.9 Å². The zero-order chi connectivity index (χ0) is 15.0. The number of carbonyl (C=O) groups is 1. The van der Waals surface area contributed by atoms with Crippen LogP contribution in [-0.2, 0) is 9.47 Å². The number of amides is 1. The van der Waals surface area contributed by atoms with Crippen LogP contribution in [0.2, 0.25) is 0 Å². The number of nitrogen functional groups attached to an aromatic ring is 1. The standard InChI is InChI=1S/C11H20N4O4S/c1-18-4-3-13-11-15-9(12)8(20-11)10(17)14-5-7(16)6-19-2/h7,16H,3-6,12H2,1-2H3,(H,13,15)(H,14,17). The van der Waals surface area contributed by atoms with E-state index in [1.165, 1.54) is 7.11 Å². The number of nitrogens with one attached hydrogen (secondary N) is 2. The Morgan fingerprint density at radius 2 is 2.25 bits per heavy atom. The summed E-state index contributed by atoms with van der Waals surface area (Å²) in [6.07, 6.45) is -0.752. The van der Waals surface area contributed by atoms with E-state index in [2.05, 4.69) is 15.6 Å². The molecule has 0 aliphatic rings. The van der Waals surface area contributed by atoms with E-state index >= 15 is 0 Å². The molecule has 0 radical (unpaired) electrons. The number of aliphatic hydroxyl groups excluding tert-OH is 1. The maximum absolute atomic E-state index is 11.9. The van der Waals surface area contributed by atoms with Gasteiger partial charge in [-0.1, -0.05) is 11.3 Å². The van der Waals surface area contributed by atoms with Crippen LogP contribution < -0.4 is 16.4 Å². The predicted molar refractivity (Wildman–Crippen MR) is 77.1 cm³/mol. The molecule has 1 aromatic rings. The number of nitrogens with zero attached hydrogens (tertiary/aromatic N) is 1. The highest BCUT2D eigenvalue weighted by molar-refractivity contribution is 7.18. The molecule has 0 saturated heterocycles. The van der Waals surface area contributed by atoms with Crippen LogP contribution in [-0.4, -0.2) is 62.6 Å². The highest BCUT2D eigenvalue weighted by Gasteiger charge is 2.16. The molecule has 0 aromatic carbocycles. The number of thiazole rings is 1. The Hall–Kier alpha value is -1.42. The molecule has 1 rings (SSSR count). The van der Waals surface area contributed by atoms with E-state index in [9.17, 15) is 9.90 Å². The van der Waals surface area contributed by atoms with E-state index in [1.807, 2.05) is 0 Å². The average Bonchev–Trinajstić information content (AvgIpc) is 2.78. The summed E-state index contributed by atoms with van der Waals surface area (Å²) in [4.78, 5) is 16.3. The Morgan fingerprint density at radius 1 is 1.50 bits per heavy atom. The quantitative estimate of drug-likeness (QED) is 0.455. The van der Waals surface area contributed by atoms with Crippen molar-refractivity contribution >= 4 is 28.2 Å². The Bertz CT molecular complexity index is 427. The molecule has 0 saturated carbocycles. The third-order valence-electron chi connectivity index (χ3n) is 2.30. The van der Waals surface area contributed by atoms with Gasteiger partial charge in [0.05, 0.1) is 19.3 Å². The number of aromatic nitrogens is 1. The number of hydrogen-bond acceptors (Lipinski definition) is 8. The number of methoxy groups -OCH3 is 2. The molecule has 1 heterocycles. The number of aliphatic hydroxyl groups is 1. The number of anilines is 2. The SMILES string of the molecule is COCCNc1nc(N)c(C(=O)NCC(O)COC)s1. The Balaban J connectivity index is 2.51. The molecule has 20 heavy (non-hydrogen) atoms. The summed E-state index contributed by atoms with van der Waals surface area (Å²) in [6.45, 7) is 1.36. The lowest BCUT2D eigenvalue weighted by molar-refractivity contribution is 0.0611. The van der Waals surface area contributed by atoms with Crippen molar-refractivity contribution in [1.29, 1.82) is 0 Å². The molecule has 1 atom stereocenters. The lowest BCUT2D eigenvalue weighted by Crippen LogP contribution is -2.34. The number of nitrogens with two attached hydrogens (primary N) is 1. The normalized spacial score (nSPS) is 12.2. The molecular weight excluding hydrogens is 284 g/mol. The first-order chi connectivity index (χ1) is 9.58. The van der Waals surface area contributed by atoms with Gasteiger partial charge in [0.25, 0.3) is 5.91 Å². The maximum Gasteiger partial charge on any atom is 0.265 e. The van der Waals surface area contributed by atoms with Crippen molar-refractivity contribution in [3.63, 3.8) is 0 Å². The van der Waals surface area contributed by atoms with Gasteiger partial charge in [-0.05, 0) is 0 Å². The topological polar surface area (TPSA) is 119 Å². The first-order valence-corrected chi connectivity index (χ1v) is 6.84. The largest absolute Gasteiger partial charge is 0.389 e. The van der Waals surface area contributed by atoms with Gasteiger partial charge in [-0.2, -0.15) is 0 Å². The van der Waals surface area contributed by atoms with Crippen LogP contribution >= 0.6 is 11.3 Å². The Morgan fingerprint density at radius 3 is 2.90 bits per heavy atom. The second-order valence-corrected chi connectivity index (χ2v) is 4.97. The van der Waals surface area contributed by atoms with E-state index in [4.69, 9.17) is 15.2 Å². The minimum Gasteiger partial charge on any atom is -0.389 e. The zero-order valence-electron chi connectivity index (χ0n) is 11.5. The van der Waals surface area contributed by atoms with Crippen molar-refractivity contribution in [2.45, 2.75) is 6.10 Å². The van der Waals surface area contributed by atoms with Gasteiger partial charge < -0.3 is 30.9 Å². The monoisotopic (exact) mass is 304 g/mol. The van der Waals surface area contributed by atoms with Gasteiger partial charge >= 0.3 is 0 Å². The van der Waals surface area contributed by atoms with Gasteiger partial charge in [-0.3, -0.25) is 4.79 Å². The van der Waals surface area contributed by atoms with Crippen molar-refractivity contribution in [2.24, 2.45) is 0 Å². The zero-order valence-corrected chi connectivity index (χ0v) is 12.3. The van der Waals surface area contributed by atoms with Crippen LogP contribution in [0.5, 0.6) is 0 Å². The van der Waals surface area contributed by atoms with Crippen LogP contribution in [0.15, 0.2) is 0 Å². The van der Waals surface area contributed by atoms with Crippen molar-refractivity contribution in [2.75, 3.05) is 51.6 Å². The van der Waals surface area contributed by atoms with Crippen LogP contribution in [0.25, 0.3) is 0 Å². The van der Waals surface area contributed by atoms with Gasteiger partial charge in [0.2, 0.25) is 0 Å². The molecule has 1 unspecified atom stereocenters. The minimum absolute atomic E-state index is 0.0937. The molecule has 1 aromatic heterocycles. The molecule has 8 nitrogen and oxygen atoms in total. The molecule has 0 bridgehead atoms. The fraction of sp³-hybridized carbons (Fsp3) is 0.636. The van der Waals surface area contributed by atoms with Gasteiger partial charge in [-0.15, -0.1) is 0 Å². The van der Waals surface area contributed by atoms with Gasteiger partial charge in [0.1, 0.15) is 10.7 Å². The lowest BCUT2D eigenvalue weighted by atomic mass is 10.3. The molecule has 9 heteroatoms. The van der Waals surface area contributed by atoms with Crippen molar-refractivity contribution in [3.8, 4) is 0 Å². The number of ether oxygens (including phenoxy) is 2. The average molecular weight is 304 g/mol. The number of carbonyl (C=O) groups excluding carboxylic acids is 1. The molecule has 5 N–H and O–H groups in total. The smallest absolute Gasteiger partial charge is 0.265 e. The summed E-state index contributed by atoms with van der Waals surface area (Å²) in [5, 5.41) is 15.6. The van der Waals surface area contributed by atoms with E-state index in [0.29, 0.717) is 23.2 Å². The summed E-state index contributed by atoms with van der Waals surface area (Å²) in [5.74, 6) is -0.205. The molecule has 0 aliphatic carbocycles. The summed E-state index contributed by atoms with van der Waals surface area (Å²) < 4.78 is 9.67. The van der Waals surface area contributed by atoms with Crippen LogP contribution in [0.3, 0.4) is 0 Å². The fourth-order valence-electron chi connectivity index (χ4n) is 1.37. The first kappa shape index (κ1) is 16.6. The van der Waals surface area contributed by atoms with E-state index in [-0.39, 0.29) is 24.9 Å². The molecule has 0 spiro atoms. The Labute approximate surface area is 121 Å². The second-order valence-electron chi connectivity index (χ2n) is 3.97. The van der Waals surface area contributed by atoms with Crippen molar-refractivity contribution in [3.05, 3.63) is 4.88 Å². The lowest BCUT2D eigenvalue weighted by Gasteiger charge is -2.09. The summed E-state index contributed by atoms with van der Waals surface area (Å²) >= 11 is 1.16. The van der Waals surface area contributed by atoms with Crippen molar-refractivity contribution < 1.29 is 19.4 Å². The molecule has 0 fully saturated rings. The van der Waals surface area contributed by atoms with E-state index in [1.54, 1.807) is 7.11 Å². The molecule has 114 valence electrons. The van der Waals surface area contributed by atoms with Crippen LogP contribution in [0.1, 0.15) is 9.67 Å². The van der Waals surface area contributed by atoms with Gasteiger partial charge in [-0.25, -0.2) is 4.98 Å². The predicted octanol–water partition coefficient (Wildman–Crippen LogP) is -0.479. The van der Waals surface area contributed by atoms with Gasteiger partial charge in [0.15, 0.2) is 5.13 Å². The highest BCUT2D eigenvalue weighted by Crippen LogP contribution is 2.24. The number of hydrogen-bond donors (Lipinski definition) is 4. The summed E-state index contributed by atoms with van der Waals surface area (Å²) in [6, 6.07) is 0. The van der Waals surface area contributed by atoms with Gasteiger partial charge in [0, 0.05) is 27.3 Å². The maximum atomic E-state index is 11.9. The first-order valence-electron chi connectivity index (χ1n) is 6.02. The summed E-state index contributed by atoms with van der Waals surface area (Å²) in [5.41, 5.74) is 5.69.